The fourth-order valence-corrected chi connectivity index (χ4v) is 2.70. The van der Waals surface area contributed by atoms with Crippen LogP contribution >= 0.6 is 22.9 Å². The molecule has 1 N–H and O–H groups in total. The van der Waals surface area contributed by atoms with Crippen LogP contribution in [0.15, 0.2) is 39.8 Å². The first-order chi connectivity index (χ1) is 10.2. The summed E-state index contributed by atoms with van der Waals surface area (Å²) in [6.45, 7) is 0. The van der Waals surface area contributed by atoms with Crippen molar-refractivity contribution in [3.63, 3.8) is 0 Å². The van der Waals surface area contributed by atoms with Gasteiger partial charge in [-0.15, -0.1) is 0 Å². The van der Waals surface area contributed by atoms with Gasteiger partial charge in [0.2, 0.25) is 0 Å². The molecular weight excluding hydrogens is 306 g/mol. The van der Waals surface area contributed by atoms with Gasteiger partial charge < -0.3 is 4.98 Å². The summed E-state index contributed by atoms with van der Waals surface area (Å²) in [4.78, 5) is 19.0. The third-order valence-corrected chi connectivity index (χ3v) is 3.83. The number of aromatic amines is 1. The monoisotopic (exact) mass is 313 g/mol. The molecule has 4 nitrogen and oxygen atoms in total. The Morgan fingerprint density at radius 1 is 1.43 bits per heavy atom. The van der Waals surface area contributed by atoms with Gasteiger partial charge >= 0.3 is 0 Å². The van der Waals surface area contributed by atoms with E-state index < -0.39 is 0 Å². The van der Waals surface area contributed by atoms with Gasteiger partial charge in [0.25, 0.3) is 5.56 Å². The second-order valence-corrected chi connectivity index (χ2v) is 5.52. The van der Waals surface area contributed by atoms with Gasteiger partial charge in [-0.1, -0.05) is 11.6 Å². The summed E-state index contributed by atoms with van der Waals surface area (Å²) < 4.78 is 0. The third-order valence-electron chi connectivity index (χ3n) is 2.90. The molecule has 0 saturated heterocycles. The molecule has 0 unspecified atom stereocenters. The lowest BCUT2D eigenvalue weighted by atomic mass is 10.2. The quantitative estimate of drug-likeness (QED) is 0.733. The third kappa shape index (κ3) is 2.72. The van der Waals surface area contributed by atoms with Crippen LogP contribution in [0.3, 0.4) is 0 Å². The van der Waals surface area contributed by atoms with Gasteiger partial charge in [-0.05, 0) is 46.7 Å². The molecule has 0 radical (unpaired) electrons. The maximum absolute atomic E-state index is 12.1. The lowest BCUT2D eigenvalue weighted by Crippen LogP contribution is -2.11. The molecule has 1 aromatic carbocycles. The molecule has 2 aromatic heterocycles. The van der Waals surface area contributed by atoms with E-state index in [-0.39, 0.29) is 11.4 Å². The highest BCUT2D eigenvalue weighted by Gasteiger charge is 2.09. The molecule has 0 aliphatic rings. The number of benzene rings is 1. The lowest BCUT2D eigenvalue weighted by molar-refractivity contribution is 1.13. The first-order valence-corrected chi connectivity index (χ1v) is 7.33. The molecular formula is C15H8ClN3OS. The van der Waals surface area contributed by atoms with Crippen LogP contribution in [0, 0.1) is 11.3 Å². The first kappa shape index (κ1) is 13.6. The molecule has 21 heavy (non-hydrogen) atoms. The van der Waals surface area contributed by atoms with Gasteiger partial charge in [0, 0.05) is 5.02 Å². The summed E-state index contributed by atoms with van der Waals surface area (Å²) in [6.07, 6.45) is 1.69. The number of thiophene rings is 1. The molecule has 0 atom stereocenters. The predicted octanol–water partition coefficient (Wildman–Crippen LogP) is 3.70. The zero-order chi connectivity index (χ0) is 14.8. The Morgan fingerprint density at radius 2 is 2.29 bits per heavy atom. The van der Waals surface area contributed by atoms with Crippen LogP contribution in [-0.2, 0) is 0 Å². The van der Waals surface area contributed by atoms with Gasteiger partial charge in [-0.3, -0.25) is 4.79 Å². The number of aromatic nitrogens is 2. The summed E-state index contributed by atoms with van der Waals surface area (Å²) in [5, 5.41) is 14.0. The Balaban J connectivity index is 2.20. The van der Waals surface area contributed by atoms with Gasteiger partial charge in [0.15, 0.2) is 5.82 Å². The molecule has 102 valence electrons. The van der Waals surface area contributed by atoms with Crippen LogP contribution < -0.4 is 5.56 Å². The van der Waals surface area contributed by atoms with E-state index in [4.69, 9.17) is 11.6 Å². The smallest absolute Gasteiger partial charge is 0.259 e. The number of fused-ring (bicyclic) bond motifs is 1. The number of allylic oxidation sites excluding steroid dienone is 1. The SMILES string of the molecule is N#CC(=Cc1ccsc1)c1nc2cc(Cl)ccc2c(=O)[nH]1. The summed E-state index contributed by atoms with van der Waals surface area (Å²) in [5.74, 6) is 0.239. The molecule has 2 heterocycles. The number of nitriles is 1. The van der Waals surface area contributed by atoms with E-state index in [1.807, 2.05) is 16.8 Å². The highest BCUT2D eigenvalue weighted by Crippen LogP contribution is 2.19. The summed E-state index contributed by atoms with van der Waals surface area (Å²) in [5.41, 5.74) is 1.36. The van der Waals surface area contributed by atoms with Crippen molar-refractivity contribution < 1.29 is 0 Å². The van der Waals surface area contributed by atoms with Crippen molar-refractivity contribution in [3.8, 4) is 6.07 Å². The van der Waals surface area contributed by atoms with Gasteiger partial charge in [-0.2, -0.15) is 16.6 Å². The summed E-state index contributed by atoms with van der Waals surface area (Å²) in [7, 11) is 0. The topological polar surface area (TPSA) is 69.5 Å². The largest absolute Gasteiger partial charge is 0.305 e. The number of nitrogens with one attached hydrogen (secondary N) is 1. The van der Waals surface area contributed by atoms with E-state index in [1.54, 1.807) is 24.3 Å². The van der Waals surface area contributed by atoms with Gasteiger partial charge in [-0.25, -0.2) is 4.98 Å². The van der Waals surface area contributed by atoms with Crippen LogP contribution in [0.2, 0.25) is 5.02 Å². The molecule has 0 saturated carbocycles. The highest BCUT2D eigenvalue weighted by molar-refractivity contribution is 7.08. The Bertz CT molecular complexity index is 936. The minimum atomic E-state index is -0.293. The second kappa shape index (κ2) is 5.52. The molecule has 0 spiro atoms. The molecule has 0 bridgehead atoms. The predicted molar refractivity (Wildman–Crippen MR) is 85.2 cm³/mol. The van der Waals surface area contributed by atoms with Crippen LogP contribution in [0.5, 0.6) is 0 Å². The van der Waals surface area contributed by atoms with Crippen LogP contribution in [0.4, 0.5) is 0 Å². The molecule has 3 rings (SSSR count). The van der Waals surface area contributed by atoms with E-state index in [2.05, 4.69) is 16.0 Å². The van der Waals surface area contributed by atoms with Gasteiger partial charge in [0.05, 0.1) is 16.5 Å². The van der Waals surface area contributed by atoms with Crippen molar-refractivity contribution in [2.75, 3.05) is 0 Å². The summed E-state index contributed by atoms with van der Waals surface area (Å²) in [6, 6.07) is 8.80. The standard InChI is InChI=1S/C15H8ClN3OS/c16-11-1-2-12-13(6-11)18-14(19-15(12)20)10(7-17)5-9-3-4-21-8-9/h1-6,8H,(H,18,19,20). The Kier molecular flexibility index (Phi) is 3.57. The molecule has 6 heteroatoms. The van der Waals surface area contributed by atoms with Crippen LogP contribution in [0.25, 0.3) is 22.6 Å². The van der Waals surface area contributed by atoms with Crippen molar-refractivity contribution in [1.82, 2.24) is 9.97 Å². The minimum Gasteiger partial charge on any atom is -0.305 e. The van der Waals surface area contributed by atoms with E-state index in [9.17, 15) is 10.1 Å². The number of halogens is 1. The van der Waals surface area contributed by atoms with Crippen molar-refractivity contribution in [2.45, 2.75) is 0 Å². The van der Waals surface area contributed by atoms with E-state index in [1.165, 1.54) is 11.3 Å². The van der Waals surface area contributed by atoms with Crippen molar-refractivity contribution in [1.29, 1.82) is 5.26 Å². The Morgan fingerprint density at radius 3 is 3.00 bits per heavy atom. The maximum Gasteiger partial charge on any atom is 0.259 e. The van der Waals surface area contributed by atoms with Crippen molar-refractivity contribution in [2.24, 2.45) is 0 Å². The Hall–Kier alpha value is -2.42. The molecule has 3 aromatic rings. The molecule has 0 fully saturated rings. The fraction of sp³-hybridized carbons (Fsp3) is 0. The fourth-order valence-electron chi connectivity index (χ4n) is 1.92. The first-order valence-electron chi connectivity index (χ1n) is 6.01. The van der Waals surface area contributed by atoms with E-state index in [0.29, 0.717) is 21.5 Å². The second-order valence-electron chi connectivity index (χ2n) is 4.30. The number of H-pyrrole nitrogens is 1. The molecule has 0 aliphatic carbocycles. The normalized spacial score (nSPS) is 11.5. The van der Waals surface area contributed by atoms with Crippen LogP contribution in [0.1, 0.15) is 11.4 Å². The minimum absolute atomic E-state index is 0.239. The van der Waals surface area contributed by atoms with Crippen LogP contribution in [-0.4, -0.2) is 9.97 Å². The lowest BCUT2D eigenvalue weighted by Gasteiger charge is -2.02. The van der Waals surface area contributed by atoms with Gasteiger partial charge in [0.1, 0.15) is 6.07 Å². The highest BCUT2D eigenvalue weighted by atomic mass is 35.5. The van der Waals surface area contributed by atoms with E-state index >= 15 is 0 Å². The number of rotatable bonds is 2. The number of nitrogens with zero attached hydrogens (tertiary/aromatic N) is 2. The molecule has 0 amide bonds. The summed E-state index contributed by atoms with van der Waals surface area (Å²) >= 11 is 7.45. The van der Waals surface area contributed by atoms with Crippen molar-refractivity contribution in [3.05, 3.63) is 61.8 Å². The molecule has 0 aliphatic heterocycles. The van der Waals surface area contributed by atoms with E-state index in [0.717, 1.165) is 5.56 Å². The maximum atomic E-state index is 12.1. The average molecular weight is 314 g/mol. The number of hydrogen-bond donors (Lipinski definition) is 1. The number of hydrogen-bond acceptors (Lipinski definition) is 4. The van der Waals surface area contributed by atoms with Crippen molar-refractivity contribution >= 4 is 45.5 Å². The zero-order valence-corrected chi connectivity index (χ0v) is 12.2. The average Bonchev–Trinajstić information content (AvgIpc) is 2.97. The zero-order valence-electron chi connectivity index (χ0n) is 10.6. The Labute approximate surface area is 129 Å².